The molecule has 0 spiro atoms. The monoisotopic (exact) mass is 376 g/mol. The summed E-state index contributed by atoms with van der Waals surface area (Å²) < 4.78 is 15.8. The predicted octanol–water partition coefficient (Wildman–Crippen LogP) is 2.53. The van der Waals surface area contributed by atoms with Crippen LogP contribution in [0.1, 0.15) is 25.5 Å². The second-order valence-corrected chi connectivity index (χ2v) is 7.17. The van der Waals surface area contributed by atoms with E-state index in [-0.39, 0.29) is 11.2 Å². The Bertz CT molecular complexity index is 833. The molecule has 2 atom stereocenters. The van der Waals surface area contributed by atoms with Crippen LogP contribution < -0.4 is 9.47 Å². The Morgan fingerprint density at radius 3 is 2.58 bits per heavy atom. The van der Waals surface area contributed by atoms with Crippen molar-refractivity contribution in [1.29, 1.82) is 0 Å². The number of fused-ring (bicyclic) bond motifs is 1. The lowest BCUT2D eigenvalue weighted by atomic mass is 9.93. The molecule has 2 aliphatic heterocycles. The maximum absolute atomic E-state index is 12.8. The first kappa shape index (κ1) is 18.3. The van der Waals surface area contributed by atoms with Crippen molar-refractivity contribution in [2.24, 2.45) is 4.99 Å². The average Bonchev–Trinajstić information content (AvgIpc) is 2.92. The molecule has 0 saturated carbocycles. The lowest BCUT2D eigenvalue weighted by molar-refractivity contribution is -0.137. The van der Waals surface area contributed by atoms with Crippen LogP contribution in [0, 0.1) is 0 Å². The molecular formula is C18H20N2O5S. The van der Waals surface area contributed by atoms with Gasteiger partial charge in [0.25, 0.3) is 0 Å². The molecule has 1 saturated heterocycles. The lowest BCUT2D eigenvalue weighted by Gasteiger charge is -2.33. The topological polar surface area (TPSA) is 77.4 Å². The molecule has 7 nitrogen and oxygen atoms in total. The minimum Gasteiger partial charge on any atom is -0.497 e. The predicted molar refractivity (Wildman–Crippen MR) is 98.3 cm³/mol. The molecule has 3 rings (SSSR count). The van der Waals surface area contributed by atoms with E-state index in [0.29, 0.717) is 33.5 Å². The van der Waals surface area contributed by atoms with E-state index in [4.69, 9.17) is 14.2 Å². The molecule has 138 valence electrons. The second-order valence-electron chi connectivity index (χ2n) is 5.86. The van der Waals surface area contributed by atoms with Crippen LogP contribution >= 0.6 is 11.8 Å². The van der Waals surface area contributed by atoms with Crippen LogP contribution in [0.4, 0.5) is 0 Å². The molecule has 0 aliphatic carbocycles. The molecule has 2 aliphatic rings. The van der Waals surface area contributed by atoms with Gasteiger partial charge in [-0.1, -0.05) is 11.8 Å². The Balaban J connectivity index is 2.25. The van der Waals surface area contributed by atoms with Crippen molar-refractivity contribution in [1.82, 2.24) is 4.90 Å². The van der Waals surface area contributed by atoms with Crippen molar-refractivity contribution < 1.29 is 23.8 Å². The van der Waals surface area contributed by atoms with Gasteiger partial charge in [0.1, 0.15) is 17.5 Å². The van der Waals surface area contributed by atoms with Crippen molar-refractivity contribution in [2.45, 2.75) is 25.1 Å². The molecule has 0 aromatic heterocycles. The molecule has 1 fully saturated rings. The van der Waals surface area contributed by atoms with E-state index < -0.39 is 12.0 Å². The molecule has 0 bridgehead atoms. The number of benzene rings is 1. The van der Waals surface area contributed by atoms with Gasteiger partial charge in [-0.3, -0.25) is 9.69 Å². The number of amides is 1. The second kappa shape index (κ2) is 7.03. The van der Waals surface area contributed by atoms with Gasteiger partial charge >= 0.3 is 5.97 Å². The minimum atomic E-state index is -0.690. The van der Waals surface area contributed by atoms with E-state index >= 15 is 0 Å². The SMILES string of the molecule is COC(=O)C1=C(C)N=C2S[C@@H](C)C(=O)N2[C@H]1c1cc(OC)ccc1OC. The number of esters is 1. The third-order valence-electron chi connectivity index (χ3n) is 4.40. The van der Waals surface area contributed by atoms with Gasteiger partial charge in [-0.15, -0.1) is 0 Å². The van der Waals surface area contributed by atoms with Crippen molar-refractivity contribution in [3.8, 4) is 11.5 Å². The summed E-state index contributed by atoms with van der Waals surface area (Å²) in [7, 11) is 4.41. The van der Waals surface area contributed by atoms with Crippen molar-refractivity contribution in [3.05, 3.63) is 35.0 Å². The average molecular weight is 376 g/mol. The fraction of sp³-hybridized carbons (Fsp3) is 0.389. The van der Waals surface area contributed by atoms with E-state index in [9.17, 15) is 9.59 Å². The van der Waals surface area contributed by atoms with Gasteiger partial charge in [-0.05, 0) is 32.0 Å². The third kappa shape index (κ3) is 2.84. The Kier molecular flexibility index (Phi) is 4.95. The van der Waals surface area contributed by atoms with Crippen LogP contribution in [0.3, 0.4) is 0 Å². The normalized spacial score (nSPS) is 22.1. The lowest BCUT2D eigenvalue weighted by Crippen LogP contribution is -2.40. The zero-order valence-electron chi connectivity index (χ0n) is 15.2. The summed E-state index contributed by atoms with van der Waals surface area (Å²) in [6, 6.07) is 4.59. The molecule has 1 aromatic rings. The van der Waals surface area contributed by atoms with Gasteiger partial charge in [-0.25, -0.2) is 9.79 Å². The molecule has 0 unspecified atom stereocenters. The summed E-state index contributed by atoms with van der Waals surface area (Å²) in [5, 5.41) is 0.292. The number of aliphatic imine (C=N–C) groups is 1. The van der Waals surface area contributed by atoms with E-state index in [1.54, 1.807) is 44.2 Å². The number of thioether (sulfide) groups is 1. The molecule has 1 aromatic carbocycles. The largest absolute Gasteiger partial charge is 0.497 e. The fourth-order valence-electron chi connectivity index (χ4n) is 3.12. The summed E-state index contributed by atoms with van der Waals surface area (Å²) in [5.74, 6) is 0.498. The molecule has 0 radical (unpaired) electrons. The Morgan fingerprint density at radius 1 is 1.23 bits per heavy atom. The first-order valence-electron chi connectivity index (χ1n) is 8.02. The Hall–Kier alpha value is -2.48. The van der Waals surface area contributed by atoms with Gasteiger partial charge in [0.15, 0.2) is 5.17 Å². The highest BCUT2D eigenvalue weighted by Crippen LogP contribution is 2.46. The number of carbonyl (C=O) groups excluding carboxylic acids is 2. The number of ether oxygens (including phenoxy) is 3. The summed E-state index contributed by atoms with van der Waals surface area (Å²) in [4.78, 5) is 31.4. The third-order valence-corrected chi connectivity index (χ3v) is 5.45. The summed E-state index contributed by atoms with van der Waals surface area (Å²) in [6.45, 7) is 3.56. The highest BCUT2D eigenvalue weighted by atomic mass is 32.2. The first-order chi connectivity index (χ1) is 12.4. The Labute approximate surface area is 156 Å². The number of allylic oxidation sites excluding steroid dienone is 1. The van der Waals surface area contributed by atoms with Crippen LogP contribution in [0.25, 0.3) is 0 Å². The van der Waals surface area contributed by atoms with Gasteiger partial charge in [0.2, 0.25) is 5.91 Å². The van der Waals surface area contributed by atoms with Gasteiger partial charge in [0, 0.05) is 5.56 Å². The van der Waals surface area contributed by atoms with Crippen LogP contribution in [0.2, 0.25) is 0 Å². The van der Waals surface area contributed by atoms with Crippen LogP contribution in [-0.4, -0.2) is 48.5 Å². The minimum absolute atomic E-state index is 0.113. The number of rotatable bonds is 4. The van der Waals surface area contributed by atoms with E-state index in [2.05, 4.69) is 4.99 Å². The van der Waals surface area contributed by atoms with Crippen LogP contribution in [0.5, 0.6) is 11.5 Å². The summed E-state index contributed by atoms with van der Waals surface area (Å²) >= 11 is 1.37. The number of hydrogen-bond acceptors (Lipinski definition) is 7. The van der Waals surface area contributed by atoms with Gasteiger partial charge in [-0.2, -0.15) is 0 Å². The first-order valence-corrected chi connectivity index (χ1v) is 8.90. The highest BCUT2D eigenvalue weighted by molar-refractivity contribution is 8.15. The highest BCUT2D eigenvalue weighted by Gasteiger charge is 2.47. The standard InChI is InChI=1S/C18H20N2O5S/c1-9-14(17(22)25-5)15(20-16(21)10(2)26-18(20)19-9)12-8-11(23-3)6-7-13(12)24-4/h6-8,10,15H,1-5H3/t10-,15-/m0/s1. The smallest absolute Gasteiger partial charge is 0.338 e. The van der Waals surface area contributed by atoms with E-state index in [0.717, 1.165) is 0 Å². The van der Waals surface area contributed by atoms with Crippen molar-refractivity contribution in [3.63, 3.8) is 0 Å². The van der Waals surface area contributed by atoms with E-state index in [1.807, 2.05) is 6.92 Å². The maximum Gasteiger partial charge on any atom is 0.338 e. The number of amidine groups is 1. The number of nitrogens with zero attached hydrogens (tertiary/aromatic N) is 2. The van der Waals surface area contributed by atoms with Crippen molar-refractivity contribution in [2.75, 3.05) is 21.3 Å². The number of methoxy groups -OCH3 is 3. The summed E-state index contributed by atoms with van der Waals surface area (Å²) in [6.07, 6.45) is 0. The summed E-state index contributed by atoms with van der Waals surface area (Å²) in [5.41, 5.74) is 1.47. The van der Waals surface area contributed by atoms with Crippen LogP contribution in [0.15, 0.2) is 34.5 Å². The fourth-order valence-corrected chi connectivity index (χ4v) is 4.15. The molecule has 2 heterocycles. The van der Waals surface area contributed by atoms with Gasteiger partial charge < -0.3 is 14.2 Å². The number of carbonyl (C=O) groups is 2. The zero-order chi connectivity index (χ0) is 19.0. The quantitative estimate of drug-likeness (QED) is 0.752. The van der Waals surface area contributed by atoms with E-state index in [1.165, 1.54) is 18.9 Å². The number of hydrogen-bond donors (Lipinski definition) is 0. The van der Waals surface area contributed by atoms with Crippen molar-refractivity contribution >= 4 is 28.8 Å². The molecule has 8 heteroatoms. The molecular weight excluding hydrogens is 356 g/mol. The molecule has 1 amide bonds. The molecule has 26 heavy (non-hydrogen) atoms. The molecule has 0 N–H and O–H groups in total. The Morgan fingerprint density at radius 2 is 1.96 bits per heavy atom. The van der Waals surface area contributed by atoms with Gasteiger partial charge in [0.05, 0.1) is 37.8 Å². The maximum atomic E-state index is 12.8. The zero-order valence-corrected chi connectivity index (χ0v) is 16.0. The van der Waals surface area contributed by atoms with Crippen LogP contribution in [-0.2, 0) is 14.3 Å².